The van der Waals surface area contributed by atoms with Crippen molar-refractivity contribution >= 4 is 34.0 Å². The van der Waals surface area contributed by atoms with Crippen LogP contribution in [0.4, 0.5) is 10.8 Å². The second-order valence-corrected chi connectivity index (χ2v) is 6.90. The zero-order chi connectivity index (χ0) is 16.9. The Kier molecular flexibility index (Phi) is 5.25. The topological polar surface area (TPSA) is 62.3 Å². The van der Waals surface area contributed by atoms with Crippen molar-refractivity contribution in [1.82, 2.24) is 4.98 Å². The van der Waals surface area contributed by atoms with E-state index in [-0.39, 0.29) is 24.2 Å². The van der Waals surface area contributed by atoms with Crippen molar-refractivity contribution in [3.8, 4) is 0 Å². The molecule has 1 saturated heterocycles. The summed E-state index contributed by atoms with van der Waals surface area (Å²) in [7, 11) is 0. The Morgan fingerprint density at radius 1 is 1.38 bits per heavy atom. The van der Waals surface area contributed by atoms with E-state index < -0.39 is 0 Å². The molecule has 0 aliphatic carbocycles. The van der Waals surface area contributed by atoms with Crippen molar-refractivity contribution in [3.05, 3.63) is 41.4 Å². The summed E-state index contributed by atoms with van der Waals surface area (Å²) in [6, 6.07) is 8.09. The van der Waals surface area contributed by atoms with Gasteiger partial charge < -0.3 is 10.2 Å². The smallest absolute Gasteiger partial charge is 0.231 e. The molecule has 0 saturated carbocycles. The number of benzene rings is 1. The monoisotopic (exact) mass is 343 g/mol. The first-order valence-corrected chi connectivity index (χ1v) is 9.15. The first-order valence-electron chi connectivity index (χ1n) is 8.27. The Morgan fingerprint density at radius 3 is 2.83 bits per heavy atom. The number of aromatic nitrogens is 1. The number of hydrogen-bond donors (Lipinski definition) is 1. The maximum Gasteiger partial charge on any atom is 0.231 e. The highest BCUT2D eigenvalue weighted by molar-refractivity contribution is 7.13. The summed E-state index contributed by atoms with van der Waals surface area (Å²) < 4.78 is 0. The first-order chi connectivity index (χ1) is 11.7. The highest BCUT2D eigenvalue weighted by Crippen LogP contribution is 2.26. The molecular weight excluding hydrogens is 322 g/mol. The second kappa shape index (κ2) is 7.57. The zero-order valence-corrected chi connectivity index (χ0v) is 14.5. The van der Waals surface area contributed by atoms with Crippen LogP contribution in [-0.2, 0) is 16.0 Å². The number of thiazole rings is 1. The van der Waals surface area contributed by atoms with Crippen LogP contribution in [0.2, 0.25) is 0 Å². The second-order valence-electron chi connectivity index (χ2n) is 6.00. The van der Waals surface area contributed by atoms with E-state index in [4.69, 9.17) is 0 Å². The molecule has 5 nitrogen and oxygen atoms in total. The van der Waals surface area contributed by atoms with Gasteiger partial charge >= 0.3 is 0 Å². The molecule has 1 aliphatic rings. The molecule has 24 heavy (non-hydrogen) atoms. The van der Waals surface area contributed by atoms with Crippen molar-refractivity contribution < 1.29 is 9.59 Å². The van der Waals surface area contributed by atoms with Gasteiger partial charge in [0.15, 0.2) is 5.13 Å². The number of carbonyl (C=O) groups is 2. The summed E-state index contributed by atoms with van der Waals surface area (Å²) in [5.74, 6) is -0.475. The number of rotatable bonds is 6. The molecule has 2 aromatic rings. The Labute approximate surface area is 145 Å². The van der Waals surface area contributed by atoms with Gasteiger partial charge in [-0.25, -0.2) is 4.98 Å². The van der Waals surface area contributed by atoms with Gasteiger partial charge in [0, 0.05) is 30.2 Å². The molecule has 0 spiro atoms. The summed E-state index contributed by atoms with van der Waals surface area (Å²) in [5, 5.41) is 5.16. The van der Waals surface area contributed by atoms with Crippen molar-refractivity contribution in [2.24, 2.45) is 5.92 Å². The molecule has 126 valence electrons. The number of unbranched alkanes of at least 4 members (excludes halogenated alkanes) is 1. The van der Waals surface area contributed by atoms with E-state index in [1.165, 1.54) is 29.7 Å². The van der Waals surface area contributed by atoms with E-state index in [2.05, 4.69) is 29.4 Å². The fraction of sp³-hybridized carbons (Fsp3) is 0.389. The third-order valence-corrected chi connectivity index (χ3v) is 4.91. The summed E-state index contributed by atoms with van der Waals surface area (Å²) >= 11 is 1.37. The third-order valence-electron chi connectivity index (χ3n) is 4.23. The molecule has 1 aliphatic heterocycles. The number of aryl methyl sites for hydroxylation is 1. The average molecular weight is 343 g/mol. The molecule has 1 aromatic carbocycles. The largest absolute Gasteiger partial charge is 0.312 e. The maximum atomic E-state index is 12.3. The number of amides is 2. The molecule has 3 rings (SSSR count). The van der Waals surface area contributed by atoms with E-state index in [1.54, 1.807) is 11.1 Å². The van der Waals surface area contributed by atoms with E-state index >= 15 is 0 Å². The van der Waals surface area contributed by atoms with Crippen LogP contribution in [0.3, 0.4) is 0 Å². The highest BCUT2D eigenvalue weighted by Gasteiger charge is 2.35. The molecular formula is C18H21N3O2S. The highest BCUT2D eigenvalue weighted by atomic mass is 32.1. The molecule has 6 heteroatoms. The van der Waals surface area contributed by atoms with Crippen LogP contribution in [0, 0.1) is 5.92 Å². The average Bonchev–Trinajstić information content (AvgIpc) is 3.23. The fourth-order valence-electron chi connectivity index (χ4n) is 2.85. The lowest BCUT2D eigenvalue weighted by Crippen LogP contribution is -2.28. The van der Waals surface area contributed by atoms with Crippen LogP contribution in [0.15, 0.2) is 35.8 Å². The van der Waals surface area contributed by atoms with Gasteiger partial charge in [0.2, 0.25) is 11.8 Å². The summed E-state index contributed by atoms with van der Waals surface area (Å²) in [6.07, 6.45) is 5.29. The van der Waals surface area contributed by atoms with Crippen LogP contribution in [-0.4, -0.2) is 23.3 Å². The standard InChI is InChI=1S/C18H21N3O2S/c1-2-3-4-13-5-7-15(8-6-13)21-12-14(11-16(21)22)17(23)20-18-19-9-10-24-18/h5-10,14H,2-4,11-12H2,1H3,(H,19,20,23). The van der Waals surface area contributed by atoms with Crippen molar-refractivity contribution in [1.29, 1.82) is 0 Å². The van der Waals surface area contributed by atoms with Crippen LogP contribution in [0.5, 0.6) is 0 Å². The van der Waals surface area contributed by atoms with E-state index in [0.717, 1.165) is 12.1 Å². The van der Waals surface area contributed by atoms with Gasteiger partial charge in [0.1, 0.15) is 0 Å². The van der Waals surface area contributed by atoms with Gasteiger partial charge in [-0.1, -0.05) is 25.5 Å². The minimum atomic E-state index is -0.332. The van der Waals surface area contributed by atoms with Crippen molar-refractivity contribution in [2.45, 2.75) is 32.6 Å². The summed E-state index contributed by atoms with van der Waals surface area (Å²) in [4.78, 5) is 30.3. The molecule has 1 N–H and O–H groups in total. The minimum absolute atomic E-state index is 0.00408. The van der Waals surface area contributed by atoms with Crippen LogP contribution >= 0.6 is 11.3 Å². The number of carbonyl (C=O) groups excluding carboxylic acids is 2. The lowest BCUT2D eigenvalue weighted by molar-refractivity contribution is -0.122. The molecule has 1 unspecified atom stereocenters. The predicted molar refractivity (Wildman–Crippen MR) is 96.3 cm³/mol. The number of anilines is 2. The number of hydrogen-bond acceptors (Lipinski definition) is 4. The van der Waals surface area contributed by atoms with Gasteiger partial charge in [-0.05, 0) is 30.5 Å². The third kappa shape index (κ3) is 3.82. The predicted octanol–water partition coefficient (Wildman–Crippen LogP) is 3.48. The Morgan fingerprint density at radius 2 is 2.17 bits per heavy atom. The quantitative estimate of drug-likeness (QED) is 0.873. The summed E-state index contributed by atoms with van der Waals surface area (Å²) in [6.45, 7) is 2.60. The van der Waals surface area contributed by atoms with Gasteiger partial charge in [-0.15, -0.1) is 11.3 Å². The molecule has 1 fully saturated rings. The van der Waals surface area contributed by atoms with E-state index in [1.807, 2.05) is 17.5 Å². The lowest BCUT2D eigenvalue weighted by Gasteiger charge is -2.17. The lowest BCUT2D eigenvalue weighted by atomic mass is 10.1. The zero-order valence-electron chi connectivity index (χ0n) is 13.7. The van der Waals surface area contributed by atoms with Crippen molar-refractivity contribution in [3.63, 3.8) is 0 Å². The molecule has 1 atom stereocenters. The van der Waals surface area contributed by atoms with E-state index in [9.17, 15) is 9.59 Å². The molecule has 0 bridgehead atoms. The van der Waals surface area contributed by atoms with Crippen LogP contribution < -0.4 is 10.2 Å². The van der Waals surface area contributed by atoms with Crippen molar-refractivity contribution in [2.75, 3.05) is 16.8 Å². The SMILES string of the molecule is CCCCc1ccc(N2CC(C(=O)Nc3nccs3)CC2=O)cc1. The fourth-order valence-corrected chi connectivity index (χ4v) is 3.38. The van der Waals surface area contributed by atoms with Crippen LogP contribution in [0.25, 0.3) is 0 Å². The molecule has 2 heterocycles. The Balaban J connectivity index is 1.63. The molecule has 1 aromatic heterocycles. The number of nitrogens with zero attached hydrogens (tertiary/aromatic N) is 2. The maximum absolute atomic E-state index is 12.3. The summed E-state index contributed by atoms with van der Waals surface area (Å²) in [5.41, 5.74) is 2.15. The van der Waals surface area contributed by atoms with Crippen LogP contribution in [0.1, 0.15) is 31.7 Å². The minimum Gasteiger partial charge on any atom is -0.312 e. The number of nitrogens with one attached hydrogen (secondary N) is 1. The Bertz CT molecular complexity index is 698. The van der Waals surface area contributed by atoms with Gasteiger partial charge in [-0.3, -0.25) is 9.59 Å². The molecule has 2 amide bonds. The Hall–Kier alpha value is -2.21. The van der Waals surface area contributed by atoms with Gasteiger partial charge in [0.25, 0.3) is 0 Å². The van der Waals surface area contributed by atoms with Gasteiger partial charge in [0.05, 0.1) is 5.92 Å². The molecule has 0 radical (unpaired) electrons. The normalized spacial score (nSPS) is 17.3. The van der Waals surface area contributed by atoms with Gasteiger partial charge in [-0.2, -0.15) is 0 Å². The first kappa shape index (κ1) is 16.6. The van der Waals surface area contributed by atoms with E-state index in [0.29, 0.717) is 11.7 Å².